The average molecular weight is 175 g/mol. The van der Waals surface area contributed by atoms with Gasteiger partial charge in [-0.15, -0.1) is 0 Å². The van der Waals surface area contributed by atoms with Crippen LogP contribution in [-0.4, -0.2) is 13.1 Å². The molecule has 13 heavy (non-hydrogen) atoms. The molecule has 1 saturated heterocycles. The summed E-state index contributed by atoms with van der Waals surface area (Å²) in [6.45, 7) is 6.79. The molecular formula is C12H17N. The van der Waals surface area contributed by atoms with Gasteiger partial charge in [-0.25, -0.2) is 0 Å². The van der Waals surface area contributed by atoms with Crippen molar-refractivity contribution in [3.05, 3.63) is 35.4 Å². The SMILES string of the molecule is Cc1cccc(C2(C)CCNC2)c1. The molecule has 1 heteroatoms. The molecule has 2 rings (SSSR count). The van der Waals surface area contributed by atoms with Crippen molar-refractivity contribution < 1.29 is 0 Å². The van der Waals surface area contributed by atoms with Gasteiger partial charge in [0, 0.05) is 12.0 Å². The van der Waals surface area contributed by atoms with Gasteiger partial charge in [-0.3, -0.25) is 0 Å². The van der Waals surface area contributed by atoms with Gasteiger partial charge in [0.15, 0.2) is 0 Å². The zero-order valence-electron chi connectivity index (χ0n) is 8.43. The maximum atomic E-state index is 3.43. The van der Waals surface area contributed by atoms with E-state index in [9.17, 15) is 0 Å². The summed E-state index contributed by atoms with van der Waals surface area (Å²) in [6, 6.07) is 8.89. The third kappa shape index (κ3) is 1.61. The van der Waals surface area contributed by atoms with E-state index in [0.717, 1.165) is 13.1 Å². The Bertz CT molecular complexity index is 298. The van der Waals surface area contributed by atoms with Crippen LogP contribution >= 0.6 is 0 Å². The molecule has 0 aliphatic carbocycles. The normalized spacial score (nSPS) is 27.8. The van der Waals surface area contributed by atoms with E-state index in [1.807, 2.05) is 0 Å². The fourth-order valence-electron chi connectivity index (χ4n) is 2.08. The topological polar surface area (TPSA) is 12.0 Å². The summed E-state index contributed by atoms with van der Waals surface area (Å²) in [6.07, 6.45) is 1.26. The van der Waals surface area contributed by atoms with Gasteiger partial charge in [0.1, 0.15) is 0 Å². The van der Waals surface area contributed by atoms with Gasteiger partial charge in [-0.2, -0.15) is 0 Å². The second kappa shape index (κ2) is 3.15. The molecule has 1 aromatic carbocycles. The highest BCUT2D eigenvalue weighted by Crippen LogP contribution is 2.30. The van der Waals surface area contributed by atoms with E-state index in [4.69, 9.17) is 0 Å². The molecule has 70 valence electrons. The van der Waals surface area contributed by atoms with E-state index < -0.39 is 0 Å². The van der Waals surface area contributed by atoms with Gasteiger partial charge >= 0.3 is 0 Å². The molecule has 0 amide bonds. The molecule has 0 radical (unpaired) electrons. The van der Waals surface area contributed by atoms with Crippen molar-refractivity contribution in [3.63, 3.8) is 0 Å². The average Bonchev–Trinajstić information content (AvgIpc) is 2.54. The lowest BCUT2D eigenvalue weighted by Crippen LogP contribution is -2.24. The molecule has 0 bridgehead atoms. The summed E-state index contributed by atoms with van der Waals surface area (Å²) in [4.78, 5) is 0. The molecule has 1 aliphatic heterocycles. The van der Waals surface area contributed by atoms with Crippen molar-refractivity contribution in [2.24, 2.45) is 0 Å². The molecular weight excluding hydrogens is 158 g/mol. The zero-order chi connectivity index (χ0) is 9.31. The first-order valence-electron chi connectivity index (χ1n) is 4.99. The van der Waals surface area contributed by atoms with Crippen molar-refractivity contribution in [1.82, 2.24) is 5.32 Å². The minimum atomic E-state index is 0.367. The van der Waals surface area contributed by atoms with Gasteiger partial charge < -0.3 is 5.32 Å². The second-order valence-electron chi connectivity index (χ2n) is 4.36. The van der Waals surface area contributed by atoms with E-state index in [-0.39, 0.29) is 0 Å². The van der Waals surface area contributed by atoms with Crippen molar-refractivity contribution >= 4 is 0 Å². The zero-order valence-corrected chi connectivity index (χ0v) is 8.43. The monoisotopic (exact) mass is 175 g/mol. The highest BCUT2D eigenvalue weighted by Gasteiger charge is 2.29. The summed E-state index contributed by atoms with van der Waals surface area (Å²) in [5.41, 5.74) is 3.22. The minimum Gasteiger partial charge on any atom is -0.316 e. The van der Waals surface area contributed by atoms with Crippen molar-refractivity contribution in [2.75, 3.05) is 13.1 Å². The summed E-state index contributed by atoms with van der Waals surface area (Å²) in [5, 5.41) is 3.43. The molecule has 1 atom stereocenters. The first-order chi connectivity index (χ1) is 6.21. The summed E-state index contributed by atoms with van der Waals surface area (Å²) in [7, 11) is 0. The van der Waals surface area contributed by atoms with Gasteiger partial charge in [0.2, 0.25) is 0 Å². The number of hydrogen-bond donors (Lipinski definition) is 1. The maximum absolute atomic E-state index is 3.43. The Morgan fingerprint density at radius 3 is 2.85 bits per heavy atom. The van der Waals surface area contributed by atoms with E-state index in [1.165, 1.54) is 17.5 Å². The standard InChI is InChI=1S/C12H17N/c1-10-4-3-5-11(8-10)12(2)6-7-13-9-12/h3-5,8,13H,6-7,9H2,1-2H3. The van der Waals surface area contributed by atoms with Crippen LogP contribution in [0.2, 0.25) is 0 Å². The van der Waals surface area contributed by atoms with Crippen LogP contribution in [-0.2, 0) is 5.41 Å². The summed E-state index contributed by atoms with van der Waals surface area (Å²) < 4.78 is 0. The predicted molar refractivity (Wildman–Crippen MR) is 56.0 cm³/mol. The van der Waals surface area contributed by atoms with Crippen LogP contribution in [0.15, 0.2) is 24.3 Å². The Balaban J connectivity index is 2.33. The van der Waals surface area contributed by atoms with Crippen LogP contribution in [0.5, 0.6) is 0 Å². The van der Waals surface area contributed by atoms with Gasteiger partial charge in [-0.05, 0) is 25.5 Å². The number of rotatable bonds is 1. The van der Waals surface area contributed by atoms with Crippen LogP contribution in [0.1, 0.15) is 24.5 Å². The van der Waals surface area contributed by atoms with Crippen LogP contribution in [0.25, 0.3) is 0 Å². The Kier molecular flexibility index (Phi) is 2.12. The molecule has 0 spiro atoms. The molecule has 0 saturated carbocycles. The van der Waals surface area contributed by atoms with Crippen molar-refractivity contribution in [3.8, 4) is 0 Å². The molecule has 0 aromatic heterocycles. The second-order valence-corrected chi connectivity index (χ2v) is 4.36. The Morgan fingerprint density at radius 2 is 2.23 bits per heavy atom. The third-order valence-corrected chi connectivity index (χ3v) is 3.08. The first-order valence-corrected chi connectivity index (χ1v) is 4.99. The molecule has 1 unspecified atom stereocenters. The maximum Gasteiger partial charge on any atom is 0.00616 e. The highest BCUT2D eigenvalue weighted by atomic mass is 14.9. The molecule has 1 N–H and O–H groups in total. The lowest BCUT2D eigenvalue weighted by Gasteiger charge is -2.23. The van der Waals surface area contributed by atoms with Crippen LogP contribution < -0.4 is 5.32 Å². The highest BCUT2D eigenvalue weighted by molar-refractivity contribution is 5.30. The van der Waals surface area contributed by atoms with Crippen molar-refractivity contribution in [1.29, 1.82) is 0 Å². The fourth-order valence-corrected chi connectivity index (χ4v) is 2.08. The minimum absolute atomic E-state index is 0.367. The molecule has 1 nitrogen and oxygen atoms in total. The Labute approximate surface area is 80.2 Å². The predicted octanol–water partition coefficient (Wildman–Crippen LogP) is 2.25. The van der Waals surface area contributed by atoms with Crippen LogP contribution in [0.4, 0.5) is 0 Å². The number of nitrogens with one attached hydrogen (secondary N) is 1. The van der Waals surface area contributed by atoms with Gasteiger partial charge in [0.05, 0.1) is 0 Å². The van der Waals surface area contributed by atoms with Crippen molar-refractivity contribution in [2.45, 2.75) is 25.7 Å². The first kappa shape index (κ1) is 8.76. The van der Waals surface area contributed by atoms with Gasteiger partial charge in [-0.1, -0.05) is 36.8 Å². The Morgan fingerprint density at radius 1 is 1.38 bits per heavy atom. The summed E-state index contributed by atoms with van der Waals surface area (Å²) in [5.74, 6) is 0. The summed E-state index contributed by atoms with van der Waals surface area (Å²) >= 11 is 0. The largest absolute Gasteiger partial charge is 0.316 e. The third-order valence-electron chi connectivity index (χ3n) is 3.08. The number of hydrogen-bond acceptors (Lipinski definition) is 1. The molecule has 1 heterocycles. The van der Waals surface area contributed by atoms with Gasteiger partial charge in [0.25, 0.3) is 0 Å². The smallest absolute Gasteiger partial charge is 0.00616 e. The molecule has 1 fully saturated rings. The molecule has 1 aromatic rings. The van der Waals surface area contributed by atoms with Crippen LogP contribution in [0.3, 0.4) is 0 Å². The fraction of sp³-hybridized carbons (Fsp3) is 0.500. The number of benzene rings is 1. The number of aryl methyl sites for hydroxylation is 1. The Hall–Kier alpha value is -0.820. The lowest BCUT2D eigenvalue weighted by atomic mass is 9.81. The quantitative estimate of drug-likeness (QED) is 0.690. The van der Waals surface area contributed by atoms with E-state index in [0.29, 0.717) is 5.41 Å². The van der Waals surface area contributed by atoms with E-state index in [1.54, 1.807) is 0 Å². The van der Waals surface area contributed by atoms with E-state index >= 15 is 0 Å². The van der Waals surface area contributed by atoms with Crippen LogP contribution in [0, 0.1) is 6.92 Å². The lowest BCUT2D eigenvalue weighted by molar-refractivity contribution is 0.525. The molecule has 1 aliphatic rings. The van der Waals surface area contributed by atoms with E-state index in [2.05, 4.69) is 43.4 Å².